The van der Waals surface area contributed by atoms with Crippen molar-refractivity contribution in [3.05, 3.63) is 23.5 Å². The lowest BCUT2D eigenvalue weighted by Crippen LogP contribution is -2.24. The molecule has 0 atom stereocenters. The van der Waals surface area contributed by atoms with Gasteiger partial charge in [-0.3, -0.25) is 9.20 Å². The van der Waals surface area contributed by atoms with Crippen molar-refractivity contribution < 1.29 is 9.53 Å². The maximum absolute atomic E-state index is 11.0. The maximum Gasteiger partial charge on any atom is 0.319 e. The summed E-state index contributed by atoms with van der Waals surface area (Å²) in [5.74, 6) is -0.233. The van der Waals surface area contributed by atoms with Gasteiger partial charge in [0.1, 0.15) is 0 Å². The average Bonchev–Trinajstić information content (AvgIpc) is 2.78. The van der Waals surface area contributed by atoms with E-state index in [9.17, 15) is 4.79 Å². The van der Waals surface area contributed by atoms with Gasteiger partial charge in [0.15, 0.2) is 4.96 Å². The highest BCUT2D eigenvalue weighted by atomic mass is 32.1. The largest absolute Gasteiger partial charge is 0.465 e. The van der Waals surface area contributed by atoms with E-state index in [1.54, 1.807) is 18.3 Å². The minimum atomic E-state index is -0.233. The highest BCUT2D eigenvalue weighted by molar-refractivity contribution is 7.15. The highest BCUT2D eigenvalue weighted by Crippen LogP contribution is 2.10. The van der Waals surface area contributed by atoms with Crippen LogP contribution in [-0.2, 0) is 16.1 Å². The van der Waals surface area contributed by atoms with Crippen molar-refractivity contribution in [3.8, 4) is 0 Å². The summed E-state index contributed by atoms with van der Waals surface area (Å²) in [7, 11) is 0. The molecule has 0 bridgehead atoms. The minimum Gasteiger partial charge on any atom is -0.465 e. The van der Waals surface area contributed by atoms with Crippen LogP contribution in [0.1, 0.15) is 12.6 Å². The van der Waals surface area contributed by atoms with Crippen LogP contribution in [0.3, 0.4) is 0 Å². The Labute approximate surface area is 97.1 Å². The molecule has 0 aliphatic carbocycles. The van der Waals surface area contributed by atoms with E-state index in [-0.39, 0.29) is 12.5 Å². The molecule has 0 aromatic carbocycles. The molecule has 5 nitrogen and oxygen atoms in total. The number of nitrogens with one attached hydrogen (secondary N) is 1. The summed E-state index contributed by atoms with van der Waals surface area (Å²) >= 11 is 1.59. The summed E-state index contributed by atoms with van der Waals surface area (Å²) in [6.07, 6.45) is 3.91. The van der Waals surface area contributed by atoms with E-state index in [1.165, 1.54) is 0 Å². The molecule has 0 fully saturated rings. The molecule has 0 unspecified atom stereocenters. The topological polar surface area (TPSA) is 55.6 Å². The van der Waals surface area contributed by atoms with Crippen LogP contribution >= 0.6 is 11.3 Å². The number of hydrogen-bond acceptors (Lipinski definition) is 5. The lowest BCUT2D eigenvalue weighted by Gasteiger charge is -2.01. The summed E-state index contributed by atoms with van der Waals surface area (Å²) in [5.41, 5.74) is 0.927. The smallest absolute Gasteiger partial charge is 0.319 e. The predicted molar refractivity (Wildman–Crippen MR) is 61.4 cm³/mol. The summed E-state index contributed by atoms with van der Waals surface area (Å²) < 4.78 is 6.76. The molecule has 0 aliphatic rings. The standard InChI is InChI=1S/C10H13N3O2S/c1-2-15-9(14)6-11-5-8-7-13-3-4-16-10(13)12-8/h3-4,7,11H,2,5-6H2,1H3. The number of nitrogens with zero attached hydrogens (tertiary/aromatic N) is 2. The van der Waals surface area contributed by atoms with Crippen LogP contribution in [0.25, 0.3) is 4.96 Å². The Morgan fingerprint density at radius 3 is 3.31 bits per heavy atom. The lowest BCUT2D eigenvalue weighted by atomic mass is 10.4. The van der Waals surface area contributed by atoms with Crippen LogP contribution in [0.4, 0.5) is 0 Å². The molecule has 2 heterocycles. The number of rotatable bonds is 5. The highest BCUT2D eigenvalue weighted by Gasteiger charge is 2.04. The number of thiazole rings is 1. The van der Waals surface area contributed by atoms with Crippen molar-refractivity contribution >= 4 is 22.3 Å². The third-order valence-corrected chi connectivity index (χ3v) is 2.79. The summed E-state index contributed by atoms with van der Waals surface area (Å²) in [6.45, 7) is 3.01. The van der Waals surface area contributed by atoms with Gasteiger partial charge in [0.2, 0.25) is 0 Å². The lowest BCUT2D eigenvalue weighted by molar-refractivity contribution is -0.142. The molecule has 0 spiro atoms. The molecule has 86 valence electrons. The van der Waals surface area contributed by atoms with E-state index in [1.807, 2.05) is 22.2 Å². The van der Waals surface area contributed by atoms with Crippen LogP contribution in [0.2, 0.25) is 0 Å². The number of esters is 1. The van der Waals surface area contributed by atoms with E-state index in [2.05, 4.69) is 10.3 Å². The second-order valence-electron chi connectivity index (χ2n) is 3.23. The number of imidazole rings is 1. The van der Waals surface area contributed by atoms with Crippen LogP contribution in [0, 0.1) is 0 Å². The number of aromatic nitrogens is 2. The second kappa shape index (κ2) is 5.09. The van der Waals surface area contributed by atoms with Gasteiger partial charge in [0.05, 0.1) is 18.8 Å². The molecule has 0 aliphatic heterocycles. The number of carbonyl (C=O) groups excluding carboxylic acids is 1. The molecule has 0 saturated heterocycles. The van der Waals surface area contributed by atoms with Gasteiger partial charge in [-0.1, -0.05) is 0 Å². The molecule has 2 rings (SSSR count). The molecule has 0 amide bonds. The van der Waals surface area contributed by atoms with E-state index >= 15 is 0 Å². The van der Waals surface area contributed by atoms with Gasteiger partial charge >= 0.3 is 5.97 Å². The number of ether oxygens (including phenoxy) is 1. The van der Waals surface area contributed by atoms with Crippen molar-refractivity contribution in [2.75, 3.05) is 13.2 Å². The SMILES string of the molecule is CCOC(=O)CNCc1cn2ccsc2n1. The fraction of sp³-hybridized carbons (Fsp3) is 0.400. The van der Waals surface area contributed by atoms with Gasteiger partial charge in [-0.2, -0.15) is 0 Å². The Hall–Kier alpha value is -1.40. The van der Waals surface area contributed by atoms with Gasteiger partial charge < -0.3 is 10.1 Å². The molecular weight excluding hydrogens is 226 g/mol. The third kappa shape index (κ3) is 2.59. The Kier molecular flexibility index (Phi) is 3.53. The quantitative estimate of drug-likeness (QED) is 0.792. The first-order valence-electron chi connectivity index (χ1n) is 5.07. The second-order valence-corrected chi connectivity index (χ2v) is 4.11. The number of fused-ring (bicyclic) bond motifs is 1. The van der Waals surface area contributed by atoms with Crippen LogP contribution in [0.5, 0.6) is 0 Å². The van der Waals surface area contributed by atoms with Crippen LogP contribution in [0.15, 0.2) is 17.8 Å². The zero-order valence-corrected chi connectivity index (χ0v) is 9.79. The van der Waals surface area contributed by atoms with Crippen LogP contribution < -0.4 is 5.32 Å². The van der Waals surface area contributed by atoms with Gasteiger partial charge in [-0.25, -0.2) is 4.98 Å². The summed E-state index contributed by atoms with van der Waals surface area (Å²) in [6, 6.07) is 0. The van der Waals surface area contributed by atoms with Crippen LogP contribution in [-0.4, -0.2) is 28.5 Å². The Morgan fingerprint density at radius 2 is 2.56 bits per heavy atom. The normalized spacial score (nSPS) is 10.8. The molecule has 6 heteroatoms. The molecule has 16 heavy (non-hydrogen) atoms. The number of hydrogen-bond donors (Lipinski definition) is 1. The van der Waals surface area contributed by atoms with Gasteiger partial charge in [-0.15, -0.1) is 11.3 Å². The van der Waals surface area contributed by atoms with Crippen molar-refractivity contribution in [1.82, 2.24) is 14.7 Å². The van der Waals surface area contributed by atoms with E-state index in [0.717, 1.165) is 10.7 Å². The van der Waals surface area contributed by atoms with Crippen molar-refractivity contribution in [3.63, 3.8) is 0 Å². The number of carbonyl (C=O) groups is 1. The molecular formula is C10H13N3O2S. The van der Waals surface area contributed by atoms with Gasteiger partial charge in [-0.05, 0) is 6.92 Å². The van der Waals surface area contributed by atoms with Gasteiger partial charge in [0, 0.05) is 24.3 Å². The van der Waals surface area contributed by atoms with Crippen molar-refractivity contribution in [2.45, 2.75) is 13.5 Å². The van der Waals surface area contributed by atoms with E-state index in [4.69, 9.17) is 4.74 Å². The Balaban J connectivity index is 1.82. The zero-order valence-electron chi connectivity index (χ0n) is 8.97. The first kappa shape index (κ1) is 11.1. The first-order chi connectivity index (χ1) is 7.79. The van der Waals surface area contributed by atoms with Gasteiger partial charge in [0.25, 0.3) is 0 Å². The molecule has 2 aromatic heterocycles. The average molecular weight is 239 g/mol. The molecule has 0 saturated carbocycles. The minimum absolute atomic E-state index is 0.221. The van der Waals surface area contributed by atoms with Crippen molar-refractivity contribution in [2.24, 2.45) is 0 Å². The molecule has 0 radical (unpaired) electrons. The monoisotopic (exact) mass is 239 g/mol. The molecule has 1 N–H and O–H groups in total. The Morgan fingerprint density at radius 1 is 1.69 bits per heavy atom. The summed E-state index contributed by atoms with van der Waals surface area (Å²) in [4.78, 5) is 16.4. The van der Waals surface area contributed by atoms with E-state index < -0.39 is 0 Å². The first-order valence-corrected chi connectivity index (χ1v) is 5.95. The zero-order chi connectivity index (χ0) is 11.4. The molecule has 2 aromatic rings. The Bertz CT molecular complexity index is 449. The maximum atomic E-state index is 11.0. The predicted octanol–water partition coefficient (Wildman–Crippen LogP) is 1.05. The summed E-state index contributed by atoms with van der Waals surface area (Å²) in [5, 5.41) is 4.98. The third-order valence-electron chi connectivity index (χ3n) is 2.02. The van der Waals surface area contributed by atoms with Crippen molar-refractivity contribution in [1.29, 1.82) is 0 Å². The fourth-order valence-electron chi connectivity index (χ4n) is 1.37. The fourth-order valence-corrected chi connectivity index (χ4v) is 2.08. The van der Waals surface area contributed by atoms with E-state index in [0.29, 0.717) is 13.2 Å².